The second-order valence-corrected chi connectivity index (χ2v) is 10.5. The maximum absolute atomic E-state index is 13.1. The Bertz CT molecular complexity index is 1200. The van der Waals surface area contributed by atoms with Gasteiger partial charge in [-0.1, -0.05) is 23.7 Å². The van der Waals surface area contributed by atoms with Crippen molar-refractivity contribution in [1.82, 2.24) is 14.2 Å². The van der Waals surface area contributed by atoms with Crippen molar-refractivity contribution in [2.45, 2.75) is 37.6 Å². The lowest BCUT2D eigenvalue weighted by Crippen LogP contribution is -2.43. The van der Waals surface area contributed by atoms with E-state index in [0.29, 0.717) is 42.4 Å². The van der Waals surface area contributed by atoms with Crippen LogP contribution >= 0.6 is 11.6 Å². The standard InChI is InChI=1S/C24H28ClN3O3S/c1-2-27-14-10-20-17-22(7-8-23(20)27)32(30,31)28-15-11-19(12-16-28)24(29)26-13-9-18-3-5-21(25)6-4-18/h3-8,10,14,17,19H,2,9,11-13,15-16H2,1H3,(H,26,29). The summed E-state index contributed by atoms with van der Waals surface area (Å²) in [6.07, 6.45) is 3.76. The van der Waals surface area contributed by atoms with Gasteiger partial charge in [0.25, 0.3) is 0 Å². The van der Waals surface area contributed by atoms with E-state index in [2.05, 4.69) is 16.8 Å². The van der Waals surface area contributed by atoms with E-state index in [1.807, 2.05) is 42.6 Å². The van der Waals surface area contributed by atoms with Gasteiger partial charge in [-0.25, -0.2) is 8.42 Å². The fourth-order valence-electron chi connectivity index (χ4n) is 4.25. The molecule has 1 N–H and O–H groups in total. The molecule has 0 aliphatic carbocycles. The molecule has 0 bridgehead atoms. The summed E-state index contributed by atoms with van der Waals surface area (Å²) in [5, 5.41) is 4.60. The highest BCUT2D eigenvalue weighted by molar-refractivity contribution is 7.89. The first-order valence-electron chi connectivity index (χ1n) is 11.0. The lowest BCUT2D eigenvalue weighted by atomic mass is 9.97. The lowest BCUT2D eigenvalue weighted by molar-refractivity contribution is -0.126. The molecule has 2 heterocycles. The minimum absolute atomic E-state index is 0.00154. The fraction of sp³-hybridized carbons (Fsp3) is 0.375. The Kier molecular flexibility index (Phi) is 6.88. The molecule has 1 fully saturated rings. The number of hydrogen-bond donors (Lipinski definition) is 1. The van der Waals surface area contributed by atoms with Crippen LogP contribution in [0, 0.1) is 5.92 Å². The average Bonchev–Trinajstić information content (AvgIpc) is 3.23. The molecule has 1 amide bonds. The minimum Gasteiger partial charge on any atom is -0.356 e. The first kappa shape index (κ1) is 22.8. The molecule has 1 aliphatic rings. The predicted octanol–water partition coefficient (Wildman–Crippen LogP) is 4.07. The number of amides is 1. The van der Waals surface area contributed by atoms with Gasteiger partial charge < -0.3 is 9.88 Å². The number of hydrogen-bond acceptors (Lipinski definition) is 3. The number of carbonyl (C=O) groups excluding carboxylic acids is 1. The van der Waals surface area contributed by atoms with Crippen LogP contribution < -0.4 is 5.32 Å². The summed E-state index contributed by atoms with van der Waals surface area (Å²) in [4.78, 5) is 12.9. The molecule has 4 rings (SSSR count). The Morgan fingerprint density at radius 3 is 2.50 bits per heavy atom. The van der Waals surface area contributed by atoms with Crippen LogP contribution in [0.25, 0.3) is 10.9 Å². The van der Waals surface area contributed by atoms with Crippen LogP contribution in [-0.2, 0) is 27.8 Å². The smallest absolute Gasteiger partial charge is 0.243 e. The van der Waals surface area contributed by atoms with E-state index in [9.17, 15) is 13.2 Å². The van der Waals surface area contributed by atoms with Gasteiger partial charge in [0.15, 0.2) is 0 Å². The Hall–Kier alpha value is -2.35. The van der Waals surface area contributed by atoms with E-state index in [-0.39, 0.29) is 11.8 Å². The molecule has 6 nitrogen and oxygen atoms in total. The number of halogens is 1. The summed E-state index contributed by atoms with van der Waals surface area (Å²) in [7, 11) is -3.58. The predicted molar refractivity (Wildman–Crippen MR) is 127 cm³/mol. The maximum atomic E-state index is 13.1. The number of nitrogens with zero attached hydrogens (tertiary/aromatic N) is 2. The maximum Gasteiger partial charge on any atom is 0.243 e. The molecule has 0 radical (unpaired) electrons. The van der Waals surface area contributed by atoms with Crippen molar-refractivity contribution in [3.63, 3.8) is 0 Å². The van der Waals surface area contributed by atoms with Crippen LogP contribution in [0.5, 0.6) is 0 Å². The summed E-state index contributed by atoms with van der Waals surface area (Å²) < 4.78 is 29.9. The third kappa shape index (κ3) is 4.85. The minimum atomic E-state index is -3.58. The molecule has 1 saturated heterocycles. The second kappa shape index (κ2) is 9.65. The molecular formula is C24H28ClN3O3S. The van der Waals surface area contributed by atoms with E-state index in [1.54, 1.807) is 12.1 Å². The first-order valence-corrected chi connectivity index (χ1v) is 12.8. The SMILES string of the molecule is CCn1ccc2cc(S(=O)(=O)N3CCC(C(=O)NCCc4ccc(Cl)cc4)CC3)ccc21. The van der Waals surface area contributed by atoms with E-state index < -0.39 is 10.0 Å². The number of nitrogens with one attached hydrogen (secondary N) is 1. The zero-order valence-electron chi connectivity index (χ0n) is 18.1. The molecule has 32 heavy (non-hydrogen) atoms. The first-order chi connectivity index (χ1) is 15.4. The molecule has 3 aromatic rings. The molecule has 170 valence electrons. The monoisotopic (exact) mass is 473 g/mol. The molecule has 0 saturated carbocycles. The fourth-order valence-corrected chi connectivity index (χ4v) is 5.88. The zero-order valence-corrected chi connectivity index (χ0v) is 19.7. The van der Waals surface area contributed by atoms with Crippen molar-refractivity contribution in [3.8, 4) is 0 Å². The van der Waals surface area contributed by atoms with E-state index >= 15 is 0 Å². The van der Waals surface area contributed by atoms with Crippen LogP contribution in [0.2, 0.25) is 5.02 Å². The quantitative estimate of drug-likeness (QED) is 0.562. The third-order valence-corrected chi connectivity index (χ3v) is 8.32. The summed E-state index contributed by atoms with van der Waals surface area (Å²) >= 11 is 5.90. The van der Waals surface area contributed by atoms with E-state index in [4.69, 9.17) is 11.6 Å². The van der Waals surface area contributed by atoms with Gasteiger partial charge in [-0.3, -0.25) is 4.79 Å². The van der Waals surface area contributed by atoms with Gasteiger partial charge in [0.1, 0.15) is 0 Å². The van der Waals surface area contributed by atoms with Gasteiger partial charge in [0.05, 0.1) is 4.90 Å². The van der Waals surface area contributed by atoms with Crippen molar-refractivity contribution in [2.24, 2.45) is 5.92 Å². The molecule has 2 aromatic carbocycles. The second-order valence-electron chi connectivity index (χ2n) is 8.17. The van der Waals surface area contributed by atoms with Crippen LogP contribution in [-0.4, -0.2) is 42.8 Å². The number of fused-ring (bicyclic) bond motifs is 1. The lowest BCUT2D eigenvalue weighted by Gasteiger charge is -2.30. The van der Waals surface area contributed by atoms with Gasteiger partial charge >= 0.3 is 0 Å². The van der Waals surface area contributed by atoms with Crippen molar-refractivity contribution in [3.05, 3.63) is 65.3 Å². The number of carbonyl (C=O) groups is 1. The summed E-state index contributed by atoms with van der Waals surface area (Å²) in [6, 6.07) is 14.8. The summed E-state index contributed by atoms with van der Waals surface area (Å²) in [5.41, 5.74) is 2.14. The zero-order chi connectivity index (χ0) is 22.7. The van der Waals surface area contributed by atoms with Crippen LogP contribution in [0.4, 0.5) is 0 Å². The average molecular weight is 474 g/mol. The van der Waals surface area contributed by atoms with Crippen molar-refractivity contribution in [2.75, 3.05) is 19.6 Å². The van der Waals surface area contributed by atoms with Gasteiger partial charge in [-0.15, -0.1) is 0 Å². The molecule has 0 spiro atoms. The highest BCUT2D eigenvalue weighted by atomic mass is 35.5. The van der Waals surface area contributed by atoms with E-state index in [0.717, 1.165) is 29.4 Å². The van der Waals surface area contributed by atoms with Crippen LogP contribution in [0.15, 0.2) is 59.6 Å². The molecule has 8 heteroatoms. The highest BCUT2D eigenvalue weighted by Gasteiger charge is 2.32. The Morgan fingerprint density at radius 2 is 1.81 bits per heavy atom. The van der Waals surface area contributed by atoms with Crippen molar-refractivity contribution < 1.29 is 13.2 Å². The summed E-state index contributed by atoms with van der Waals surface area (Å²) in [5.74, 6) is -0.161. The number of aromatic nitrogens is 1. The number of piperidine rings is 1. The molecular weight excluding hydrogens is 446 g/mol. The number of sulfonamides is 1. The third-order valence-electron chi connectivity index (χ3n) is 6.17. The number of benzene rings is 2. The Morgan fingerprint density at radius 1 is 1.09 bits per heavy atom. The highest BCUT2D eigenvalue weighted by Crippen LogP contribution is 2.27. The molecule has 0 atom stereocenters. The molecule has 1 aliphatic heterocycles. The molecule has 1 aromatic heterocycles. The number of rotatable bonds is 7. The largest absolute Gasteiger partial charge is 0.356 e. The summed E-state index contributed by atoms with van der Waals surface area (Å²) in [6.45, 7) is 4.15. The van der Waals surface area contributed by atoms with Crippen LogP contribution in [0.1, 0.15) is 25.3 Å². The molecule has 0 unspecified atom stereocenters. The Labute approximate surface area is 194 Å². The van der Waals surface area contributed by atoms with Gasteiger partial charge in [0.2, 0.25) is 15.9 Å². The van der Waals surface area contributed by atoms with E-state index in [1.165, 1.54) is 4.31 Å². The number of aryl methyl sites for hydroxylation is 1. The Balaban J connectivity index is 1.32. The van der Waals surface area contributed by atoms with Crippen LogP contribution in [0.3, 0.4) is 0 Å². The normalized spacial score (nSPS) is 15.8. The van der Waals surface area contributed by atoms with Gasteiger partial charge in [-0.2, -0.15) is 4.31 Å². The van der Waals surface area contributed by atoms with Crippen molar-refractivity contribution >= 4 is 38.4 Å². The van der Waals surface area contributed by atoms with Crippen molar-refractivity contribution in [1.29, 1.82) is 0 Å². The van der Waals surface area contributed by atoms with Gasteiger partial charge in [0, 0.05) is 54.2 Å². The van der Waals surface area contributed by atoms with Gasteiger partial charge in [-0.05, 0) is 68.1 Å². The topological polar surface area (TPSA) is 71.4 Å².